The molecule has 0 fully saturated rings. The van der Waals surface area contributed by atoms with Crippen LogP contribution in [-0.4, -0.2) is 41.8 Å². The first-order valence-electron chi connectivity index (χ1n) is 11.0. The second kappa shape index (κ2) is 11.1. The van der Waals surface area contributed by atoms with Gasteiger partial charge in [0.15, 0.2) is 5.78 Å². The lowest BCUT2D eigenvalue weighted by atomic mass is 9.85. The monoisotopic (exact) mass is 495 g/mol. The molecule has 2 atom stereocenters. The highest BCUT2D eigenvalue weighted by Crippen LogP contribution is 2.28. The second-order valence-electron chi connectivity index (χ2n) is 8.40. The zero-order chi connectivity index (χ0) is 24.8. The molecule has 0 saturated heterocycles. The topological polar surface area (TPSA) is 114 Å². The van der Waals surface area contributed by atoms with Gasteiger partial charge in [0.25, 0.3) is 0 Å². The molecule has 10 heteroatoms. The molecule has 0 bridgehead atoms. The number of halogens is 2. The lowest BCUT2D eigenvalue weighted by molar-refractivity contribution is -0.142. The molecule has 0 aliphatic rings. The van der Waals surface area contributed by atoms with E-state index in [4.69, 9.17) is 11.6 Å². The van der Waals surface area contributed by atoms with Crippen LogP contribution in [0.25, 0.3) is 11.1 Å². The van der Waals surface area contributed by atoms with Crippen LogP contribution in [0.2, 0.25) is 5.02 Å². The molecule has 0 saturated carbocycles. The first kappa shape index (κ1) is 24.3. The van der Waals surface area contributed by atoms with Crippen molar-refractivity contribution in [2.24, 2.45) is 11.8 Å². The van der Waals surface area contributed by atoms with E-state index in [-0.39, 0.29) is 42.6 Å². The molecule has 0 radical (unpaired) electrons. The summed E-state index contributed by atoms with van der Waals surface area (Å²) in [5.41, 5.74) is 2.18. The number of carbonyl (C=O) groups is 2. The SMILES string of the molecule is O=C(C[C@H](Cc1ccc(-c2cc(Cl)ccc2F)cc1)C[C@@H](Cn1ccnc1)C(=O)O)c1cn[nH]n1. The lowest BCUT2D eigenvalue weighted by Crippen LogP contribution is -2.25. The van der Waals surface area contributed by atoms with Crippen LogP contribution in [0, 0.1) is 17.7 Å². The van der Waals surface area contributed by atoms with Crippen molar-refractivity contribution in [3.63, 3.8) is 0 Å². The molecule has 0 aliphatic carbocycles. The first-order chi connectivity index (χ1) is 16.9. The third kappa shape index (κ3) is 6.39. The van der Waals surface area contributed by atoms with Gasteiger partial charge in [0.2, 0.25) is 0 Å². The zero-order valence-electron chi connectivity index (χ0n) is 18.6. The molecule has 4 rings (SSSR count). The Kier molecular flexibility index (Phi) is 7.67. The number of carboxylic acids is 1. The van der Waals surface area contributed by atoms with E-state index < -0.39 is 11.9 Å². The quantitative estimate of drug-likeness (QED) is 0.292. The Hall–Kier alpha value is -3.85. The zero-order valence-corrected chi connectivity index (χ0v) is 19.4. The summed E-state index contributed by atoms with van der Waals surface area (Å²) in [4.78, 5) is 28.7. The van der Waals surface area contributed by atoms with Crippen molar-refractivity contribution in [3.8, 4) is 11.1 Å². The van der Waals surface area contributed by atoms with Crippen molar-refractivity contribution in [2.75, 3.05) is 0 Å². The molecular formula is C25H23ClFN5O3. The highest BCUT2D eigenvalue weighted by Gasteiger charge is 2.26. The number of nitrogens with zero attached hydrogens (tertiary/aromatic N) is 4. The largest absolute Gasteiger partial charge is 0.481 e. The molecule has 2 aromatic carbocycles. The van der Waals surface area contributed by atoms with Crippen LogP contribution < -0.4 is 0 Å². The molecule has 0 spiro atoms. The van der Waals surface area contributed by atoms with Gasteiger partial charge in [0.1, 0.15) is 11.5 Å². The minimum Gasteiger partial charge on any atom is -0.481 e. The maximum absolute atomic E-state index is 14.2. The van der Waals surface area contributed by atoms with Crippen LogP contribution in [0.3, 0.4) is 0 Å². The molecule has 0 amide bonds. The standard InChI is InChI=1S/C25H23ClFN5O3/c26-20-5-6-22(27)21(12-20)18-3-1-16(2-4-18)9-17(11-24(33)23-13-29-31-30-23)10-19(25(34)35)14-32-8-7-28-15-32/h1-8,12-13,15,17,19H,9-11,14H2,(H,34,35)(H,29,30,31)/t17-,19+/m1/s1. The molecule has 35 heavy (non-hydrogen) atoms. The van der Waals surface area contributed by atoms with Crippen molar-refractivity contribution >= 4 is 23.4 Å². The Morgan fingerprint density at radius 3 is 2.63 bits per heavy atom. The van der Waals surface area contributed by atoms with E-state index in [1.165, 1.54) is 18.3 Å². The number of imidazole rings is 1. The van der Waals surface area contributed by atoms with Crippen LogP contribution in [0.1, 0.15) is 28.9 Å². The number of aliphatic carboxylic acids is 1. The maximum Gasteiger partial charge on any atom is 0.308 e. The number of Topliss-reactive ketones (excluding diaryl/α,β-unsaturated/α-hetero) is 1. The summed E-state index contributed by atoms with van der Waals surface area (Å²) in [6.07, 6.45) is 7.09. The van der Waals surface area contributed by atoms with Crippen molar-refractivity contribution in [2.45, 2.75) is 25.8 Å². The fourth-order valence-electron chi connectivity index (χ4n) is 4.12. The minimum atomic E-state index is -0.940. The average Bonchev–Trinajstić information content (AvgIpc) is 3.55. The summed E-state index contributed by atoms with van der Waals surface area (Å²) < 4.78 is 16.0. The van der Waals surface area contributed by atoms with Gasteiger partial charge in [-0.1, -0.05) is 35.9 Å². The smallest absolute Gasteiger partial charge is 0.308 e. The number of hydrogen-bond donors (Lipinski definition) is 2. The van der Waals surface area contributed by atoms with Gasteiger partial charge >= 0.3 is 5.97 Å². The predicted molar refractivity (Wildman–Crippen MR) is 127 cm³/mol. The lowest BCUT2D eigenvalue weighted by Gasteiger charge is -2.21. The third-order valence-corrected chi connectivity index (χ3v) is 6.09. The van der Waals surface area contributed by atoms with Crippen LogP contribution in [0.5, 0.6) is 0 Å². The Bertz CT molecular complexity index is 1280. The van der Waals surface area contributed by atoms with E-state index in [1.807, 2.05) is 12.1 Å². The minimum absolute atomic E-state index is 0.116. The number of carbonyl (C=O) groups excluding carboxylic acids is 1. The van der Waals surface area contributed by atoms with Crippen molar-refractivity contribution in [1.82, 2.24) is 25.0 Å². The number of ketones is 1. The van der Waals surface area contributed by atoms with Gasteiger partial charge in [-0.15, -0.1) is 0 Å². The van der Waals surface area contributed by atoms with Gasteiger partial charge in [0, 0.05) is 35.9 Å². The maximum atomic E-state index is 14.2. The number of aromatic amines is 1. The van der Waals surface area contributed by atoms with Crippen LogP contribution in [0.15, 0.2) is 67.4 Å². The number of aromatic nitrogens is 5. The fraction of sp³-hybridized carbons (Fsp3) is 0.240. The van der Waals surface area contributed by atoms with E-state index >= 15 is 0 Å². The van der Waals surface area contributed by atoms with Gasteiger partial charge in [-0.25, -0.2) is 9.37 Å². The van der Waals surface area contributed by atoms with Crippen molar-refractivity contribution in [3.05, 3.63) is 89.5 Å². The summed E-state index contributed by atoms with van der Waals surface area (Å²) in [6.45, 7) is 0.247. The molecule has 8 nitrogen and oxygen atoms in total. The van der Waals surface area contributed by atoms with E-state index in [9.17, 15) is 19.1 Å². The number of rotatable bonds is 11. The first-order valence-corrected chi connectivity index (χ1v) is 11.4. The van der Waals surface area contributed by atoms with Crippen LogP contribution >= 0.6 is 11.6 Å². The molecule has 4 aromatic rings. The molecule has 180 valence electrons. The van der Waals surface area contributed by atoms with Crippen LogP contribution in [-0.2, 0) is 17.8 Å². The highest BCUT2D eigenvalue weighted by molar-refractivity contribution is 6.30. The van der Waals surface area contributed by atoms with Gasteiger partial charge in [-0.3, -0.25) is 9.59 Å². The molecule has 2 N–H and O–H groups in total. The molecule has 2 heterocycles. The van der Waals surface area contributed by atoms with Crippen molar-refractivity contribution in [1.29, 1.82) is 0 Å². The Balaban J connectivity index is 1.53. The van der Waals surface area contributed by atoms with Gasteiger partial charge in [-0.2, -0.15) is 15.4 Å². The highest BCUT2D eigenvalue weighted by atomic mass is 35.5. The van der Waals surface area contributed by atoms with E-state index in [1.54, 1.807) is 41.5 Å². The third-order valence-electron chi connectivity index (χ3n) is 5.85. The average molecular weight is 496 g/mol. The number of nitrogens with one attached hydrogen (secondary N) is 1. The number of carboxylic acid groups (broad SMARTS) is 1. The summed E-state index contributed by atoms with van der Waals surface area (Å²) in [5.74, 6) is -2.50. The van der Waals surface area contributed by atoms with Crippen molar-refractivity contribution < 1.29 is 19.1 Å². The van der Waals surface area contributed by atoms with E-state index in [0.717, 1.165) is 5.56 Å². The second-order valence-corrected chi connectivity index (χ2v) is 8.84. The van der Waals surface area contributed by atoms with E-state index in [0.29, 0.717) is 22.6 Å². The number of hydrogen-bond acceptors (Lipinski definition) is 5. The Morgan fingerprint density at radius 2 is 1.97 bits per heavy atom. The molecule has 0 unspecified atom stereocenters. The van der Waals surface area contributed by atoms with Crippen LogP contribution in [0.4, 0.5) is 4.39 Å². The molecule has 0 aliphatic heterocycles. The summed E-state index contributed by atoms with van der Waals surface area (Å²) in [5, 5.41) is 20.2. The summed E-state index contributed by atoms with van der Waals surface area (Å²) in [7, 11) is 0. The Labute approximate surface area is 205 Å². The predicted octanol–water partition coefficient (Wildman–Crippen LogP) is 4.68. The van der Waals surface area contributed by atoms with Gasteiger partial charge in [-0.05, 0) is 48.1 Å². The van der Waals surface area contributed by atoms with Gasteiger partial charge < -0.3 is 9.67 Å². The van der Waals surface area contributed by atoms with Gasteiger partial charge in [0.05, 0.1) is 18.4 Å². The normalized spacial score (nSPS) is 12.9. The fourth-order valence-corrected chi connectivity index (χ4v) is 4.29. The molecule has 2 aromatic heterocycles. The summed E-state index contributed by atoms with van der Waals surface area (Å²) in [6, 6.07) is 11.7. The Morgan fingerprint density at radius 1 is 1.17 bits per heavy atom. The number of H-pyrrole nitrogens is 1. The number of benzene rings is 2. The van der Waals surface area contributed by atoms with E-state index in [2.05, 4.69) is 20.4 Å². The molecular weight excluding hydrogens is 473 g/mol. The summed E-state index contributed by atoms with van der Waals surface area (Å²) >= 11 is 6.02.